The van der Waals surface area contributed by atoms with Crippen molar-refractivity contribution >= 4 is 17.6 Å². The fourth-order valence-electron chi connectivity index (χ4n) is 1.07. The summed E-state index contributed by atoms with van der Waals surface area (Å²) in [6.07, 6.45) is -8.39. The molecule has 1 heterocycles. The van der Waals surface area contributed by atoms with Crippen molar-refractivity contribution in [3.63, 3.8) is 0 Å². The molecule has 0 radical (unpaired) electrons. The van der Waals surface area contributed by atoms with Crippen LogP contribution in [-0.2, 0) is 6.18 Å². The van der Waals surface area contributed by atoms with E-state index >= 15 is 0 Å². The lowest BCUT2D eigenvalue weighted by molar-refractivity contribution is -0.138. The summed E-state index contributed by atoms with van der Waals surface area (Å²) in [4.78, 5) is 13.5. The van der Waals surface area contributed by atoms with E-state index in [2.05, 4.69) is 4.98 Å². The summed E-state index contributed by atoms with van der Waals surface area (Å²) in [5.41, 5.74) is -4.32. The second-order valence-corrected chi connectivity index (χ2v) is 3.22. The van der Waals surface area contributed by atoms with Gasteiger partial charge in [0, 0.05) is 0 Å². The number of alkyl halides is 5. The van der Waals surface area contributed by atoms with Gasteiger partial charge < -0.3 is 5.11 Å². The smallest absolute Gasteiger partial charge is 0.417 e. The van der Waals surface area contributed by atoms with Crippen LogP contribution in [0.5, 0.6) is 0 Å². The molecule has 1 rings (SSSR count). The number of halogens is 6. The number of nitrogens with zero attached hydrogens (tertiary/aromatic N) is 1. The Labute approximate surface area is 95.8 Å². The second kappa shape index (κ2) is 4.44. The van der Waals surface area contributed by atoms with Gasteiger partial charge in [-0.15, -0.1) is 0 Å². The number of pyridine rings is 1. The molecule has 0 atom stereocenters. The quantitative estimate of drug-likeness (QED) is 0.665. The zero-order chi connectivity index (χ0) is 13.4. The van der Waals surface area contributed by atoms with E-state index in [1.54, 1.807) is 0 Å². The van der Waals surface area contributed by atoms with Crippen molar-refractivity contribution in [1.29, 1.82) is 0 Å². The molecular weight excluding hydrogens is 273 g/mol. The Morgan fingerprint density at radius 2 is 1.94 bits per heavy atom. The highest BCUT2D eigenvalue weighted by Gasteiger charge is 2.38. The van der Waals surface area contributed by atoms with Crippen LogP contribution in [0.15, 0.2) is 6.07 Å². The molecule has 0 amide bonds. The van der Waals surface area contributed by atoms with Crippen LogP contribution in [0.4, 0.5) is 22.0 Å². The second-order valence-electron chi connectivity index (χ2n) is 2.86. The largest absolute Gasteiger partial charge is 0.478 e. The summed E-state index contributed by atoms with van der Waals surface area (Å²) < 4.78 is 61.7. The Hall–Kier alpha value is -1.44. The van der Waals surface area contributed by atoms with Gasteiger partial charge in [-0.05, 0) is 6.07 Å². The summed E-state index contributed by atoms with van der Waals surface area (Å²) in [5.74, 6) is -1.99. The highest BCUT2D eigenvalue weighted by Crippen LogP contribution is 2.36. The van der Waals surface area contributed by atoms with Crippen molar-refractivity contribution in [1.82, 2.24) is 4.98 Å². The Bertz CT molecular complexity index is 460. The first-order valence-electron chi connectivity index (χ1n) is 3.93. The third kappa shape index (κ3) is 2.82. The Kier molecular flexibility index (Phi) is 3.56. The van der Waals surface area contributed by atoms with Crippen molar-refractivity contribution in [3.8, 4) is 0 Å². The number of hydrogen-bond donors (Lipinski definition) is 1. The molecule has 1 aromatic rings. The van der Waals surface area contributed by atoms with Crippen LogP contribution < -0.4 is 0 Å². The van der Waals surface area contributed by atoms with Gasteiger partial charge in [0.15, 0.2) is 0 Å². The molecule has 0 aromatic carbocycles. The molecule has 1 aromatic heterocycles. The summed E-state index contributed by atoms with van der Waals surface area (Å²) in [7, 11) is 0. The lowest BCUT2D eigenvalue weighted by atomic mass is 10.1. The van der Waals surface area contributed by atoms with E-state index in [1.807, 2.05) is 0 Å². The SMILES string of the molecule is O=C(O)c1c(C(F)(F)F)cc(C(F)F)nc1Cl. The molecule has 94 valence electrons. The highest BCUT2D eigenvalue weighted by molar-refractivity contribution is 6.32. The van der Waals surface area contributed by atoms with Crippen LogP contribution in [0.1, 0.15) is 28.0 Å². The van der Waals surface area contributed by atoms with Crippen LogP contribution in [-0.4, -0.2) is 16.1 Å². The van der Waals surface area contributed by atoms with Crippen molar-refractivity contribution in [2.75, 3.05) is 0 Å². The first kappa shape index (κ1) is 13.6. The zero-order valence-corrected chi connectivity index (χ0v) is 8.48. The number of carboxylic acid groups (broad SMARTS) is 1. The number of carbonyl (C=O) groups is 1. The number of aromatic carboxylic acids is 1. The maximum Gasteiger partial charge on any atom is 0.417 e. The van der Waals surface area contributed by atoms with Gasteiger partial charge in [0.25, 0.3) is 6.43 Å². The molecule has 0 unspecified atom stereocenters. The minimum Gasteiger partial charge on any atom is -0.478 e. The van der Waals surface area contributed by atoms with Gasteiger partial charge in [0.1, 0.15) is 16.4 Å². The van der Waals surface area contributed by atoms with Gasteiger partial charge in [-0.1, -0.05) is 11.6 Å². The number of aromatic nitrogens is 1. The van der Waals surface area contributed by atoms with Gasteiger partial charge in [-0.2, -0.15) is 13.2 Å². The van der Waals surface area contributed by atoms with Gasteiger partial charge in [0.2, 0.25) is 0 Å². The monoisotopic (exact) mass is 275 g/mol. The predicted octanol–water partition coefficient (Wildman–Crippen LogP) is 3.39. The molecule has 3 nitrogen and oxygen atoms in total. The van der Waals surface area contributed by atoms with Crippen LogP contribution in [0.2, 0.25) is 5.15 Å². The molecule has 17 heavy (non-hydrogen) atoms. The van der Waals surface area contributed by atoms with E-state index in [0.717, 1.165) is 0 Å². The van der Waals surface area contributed by atoms with E-state index in [1.165, 1.54) is 0 Å². The summed E-state index contributed by atoms with van der Waals surface area (Å²) in [5, 5.41) is 7.40. The maximum absolute atomic E-state index is 12.4. The van der Waals surface area contributed by atoms with E-state index in [0.29, 0.717) is 0 Å². The van der Waals surface area contributed by atoms with Crippen molar-refractivity contribution in [2.45, 2.75) is 12.6 Å². The van der Waals surface area contributed by atoms with E-state index < -0.39 is 40.5 Å². The van der Waals surface area contributed by atoms with Crippen LogP contribution in [0.25, 0.3) is 0 Å². The predicted molar refractivity (Wildman–Crippen MR) is 46.2 cm³/mol. The van der Waals surface area contributed by atoms with Crippen LogP contribution in [0, 0.1) is 0 Å². The molecule has 0 fully saturated rings. The molecule has 0 aliphatic carbocycles. The lowest BCUT2D eigenvalue weighted by Gasteiger charge is -2.12. The number of rotatable bonds is 2. The fraction of sp³-hybridized carbons (Fsp3) is 0.250. The first-order chi connectivity index (χ1) is 7.64. The minimum absolute atomic E-state index is 0.0278. The Morgan fingerprint density at radius 1 is 1.41 bits per heavy atom. The molecule has 0 saturated heterocycles. The van der Waals surface area contributed by atoms with Gasteiger partial charge in [-0.3, -0.25) is 0 Å². The third-order valence-electron chi connectivity index (χ3n) is 1.74. The molecule has 0 bridgehead atoms. The van der Waals surface area contributed by atoms with E-state index in [-0.39, 0.29) is 6.07 Å². The average Bonchev–Trinajstić information content (AvgIpc) is 2.14. The topological polar surface area (TPSA) is 50.2 Å². The third-order valence-corrected chi connectivity index (χ3v) is 2.01. The summed E-state index contributed by atoms with van der Waals surface area (Å²) in [6, 6.07) is -0.0278. The van der Waals surface area contributed by atoms with E-state index in [4.69, 9.17) is 16.7 Å². The van der Waals surface area contributed by atoms with Crippen LogP contribution in [0.3, 0.4) is 0 Å². The summed E-state index contributed by atoms with van der Waals surface area (Å²) >= 11 is 5.15. The first-order valence-corrected chi connectivity index (χ1v) is 4.31. The lowest BCUT2D eigenvalue weighted by Crippen LogP contribution is -2.15. The average molecular weight is 276 g/mol. The Balaban J connectivity index is 3.57. The van der Waals surface area contributed by atoms with Crippen LogP contribution >= 0.6 is 11.6 Å². The van der Waals surface area contributed by atoms with Gasteiger partial charge in [0.05, 0.1) is 5.56 Å². The molecule has 9 heteroatoms. The highest BCUT2D eigenvalue weighted by atomic mass is 35.5. The maximum atomic E-state index is 12.4. The summed E-state index contributed by atoms with van der Waals surface area (Å²) in [6.45, 7) is 0. The molecule has 0 saturated carbocycles. The van der Waals surface area contributed by atoms with Crippen molar-refractivity contribution < 1.29 is 31.9 Å². The van der Waals surface area contributed by atoms with Gasteiger partial charge in [-0.25, -0.2) is 18.6 Å². The molecule has 0 spiro atoms. The number of carboxylic acids is 1. The van der Waals surface area contributed by atoms with Crippen molar-refractivity contribution in [3.05, 3.63) is 28.0 Å². The number of hydrogen-bond acceptors (Lipinski definition) is 2. The van der Waals surface area contributed by atoms with Crippen molar-refractivity contribution in [2.24, 2.45) is 0 Å². The molecule has 0 aliphatic heterocycles. The standard InChI is InChI=1S/C8H3ClF5NO2/c9-5-4(7(16)17)2(8(12,13)14)1-3(15-5)6(10)11/h1,6H,(H,16,17). The molecule has 0 aliphatic rings. The minimum atomic E-state index is -5.11. The Morgan fingerprint density at radius 3 is 2.29 bits per heavy atom. The van der Waals surface area contributed by atoms with Gasteiger partial charge >= 0.3 is 12.1 Å². The molecule has 1 N–H and O–H groups in total. The molecular formula is C8H3ClF5NO2. The normalized spacial score (nSPS) is 11.9. The van der Waals surface area contributed by atoms with E-state index in [9.17, 15) is 26.7 Å². The zero-order valence-electron chi connectivity index (χ0n) is 7.73. The fourth-order valence-corrected chi connectivity index (χ4v) is 1.35.